The van der Waals surface area contributed by atoms with Gasteiger partial charge in [-0.1, -0.05) is 30.3 Å². The summed E-state index contributed by atoms with van der Waals surface area (Å²) in [6.07, 6.45) is 4.33. The van der Waals surface area contributed by atoms with Crippen molar-refractivity contribution in [2.45, 2.75) is 31.7 Å². The van der Waals surface area contributed by atoms with Crippen molar-refractivity contribution in [1.29, 1.82) is 0 Å². The van der Waals surface area contributed by atoms with Gasteiger partial charge < -0.3 is 20.6 Å². The number of amides is 3. The summed E-state index contributed by atoms with van der Waals surface area (Å²) >= 11 is 0. The van der Waals surface area contributed by atoms with E-state index < -0.39 is 23.8 Å². The number of rotatable bonds is 10. The maximum atomic E-state index is 11.9. The van der Waals surface area contributed by atoms with Crippen LogP contribution >= 0.6 is 0 Å². The van der Waals surface area contributed by atoms with Crippen LogP contribution in [0.15, 0.2) is 42.5 Å². The standard InChI is InChI=1S/C20H25N3O5/c24-17(21-11-5-13-23-12-4-8-19(23)26)9-10-18(25)22-16(20(27)28)14-15-6-2-1-3-7-15/h1-3,6-7,9-10,16H,4-5,8,11-14H2,(H,21,24)(H,22,25)(H,27,28)/b10-9+/t16-/m0/s1. The number of carboxylic acids is 1. The lowest BCUT2D eigenvalue weighted by Gasteiger charge is -2.15. The summed E-state index contributed by atoms with van der Waals surface area (Å²) in [5, 5.41) is 14.3. The number of carboxylic acid groups (broad SMARTS) is 1. The quantitative estimate of drug-likeness (QED) is 0.399. The van der Waals surface area contributed by atoms with Gasteiger partial charge in [0.2, 0.25) is 17.7 Å². The minimum atomic E-state index is -1.15. The van der Waals surface area contributed by atoms with Crippen LogP contribution in [0.5, 0.6) is 0 Å². The summed E-state index contributed by atoms with van der Waals surface area (Å²) in [4.78, 5) is 48.2. The predicted molar refractivity (Wildman–Crippen MR) is 102 cm³/mol. The molecule has 0 aromatic heterocycles. The van der Waals surface area contributed by atoms with Gasteiger partial charge >= 0.3 is 5.97 Å². The van der Waals surface area contributed by atoms with Crippen molar-refractivity contribution in [3.05, 3.63) is 48.0 Å². The molecule has 1 atom stereocenters. The van der Waals surface area contributed by atoms with Gasteiger partial charge in [-0.05, 0) is 18.4 Å². The molecular weight excluding hydrogens is 362 g/mol. The number of carbonyl (C=O) groups is 4. The van der Waals surface area contributed by atoms with Crippen LogP contribution in [0, 0.1) is 0 Å². The zero-order valence-electron chi connectivity index (χ0n) is 15.6. The van der Waals surface area contributed by atoms with Crippen LogP contribution in [0.3, 0.4) is 0 Å². The summed E-state index contributed by atoms with van der Waals surface area (Å²) in [6.45, 7) is 1.75. The molecular formula is C20H25N3O5. The minimum Gasteiger partial charge on any atom is -0.480 e. The Morgan fingerprint density at radius 1 is 1.14 bits per heavy atom. The summed E-state index contributed by atoms with van der Waals surface area (Å²) in [7, 11) is 0. The molecule has 28 heavy (non-hydrogen) atoms. The smallest absolute Gasteiger partial charge is 0.326 e. The summed E-state index contributed by atoms with van der Waals surface area (Å²) < 4.78 is 0. The van der Waals surface area contributed by atoms with Gasteiger partial charge in [0.15, 0.2) is 0 Å². The fourth-order valence-electron chi connectivity index (χ4n) is 2.90. The maximum absolute atomic E-state index is 11.9. The van der Waals surface area contributed by atoms with Crippen molar-refractivity contribution < 1.29 is 24.3 Å². The van der Waals surface area contributed by atoms with Gasteiger partial charge in [-0.25, -0.2) is 4.79 Å². The fraction of sp³-hybridized carbons (Fsp3) is 0.400. The van der Waals surface area contributed by atoms with E-state index in [1.807, 2.05) is 6.07 Å². The van der Waals surface area contributed by atoms with Crippen molar-refractivity contribution in [3.8, 4) is 0 Å². The van der Waals surface area contributed by atoms with Crippen LogP contribution in [-0.2, 0) is 25.6 Å². The summed E-state index contributed by atoms with van der Waals surface area (Å²) in [6, 6.07) is 7.88. The molecule has 150 valence electrons. The first-order valence-electron chi connectivity index (χ1n) is 9.26. The van der Waals surface area contributed by atoms with Gasteiger partial charge in [0.25, 0.3) is 0 Å². The zero-order chi connectivity index (χ0) is 20.4. The van der Waals surface area contributed by atoms with E-state index >= 15 is 0 Å². The molecule has 1 saturated heterocycles. The van der Waals surface area contributed by atoms with E-state index in [4.69, 9.17) is 0 Å². The van der Waals surface area contributed by atoms with Crippen molar-refractivity contribution >= 4 is 23.7 Å². The van der Waals surface area contributed by atoms with E-state index in [-0.39, 0.29) is 12.3 Å². The van der Waals surface area contributed by atoms with Gasteiger partial charge in [0.1, 0.15) is 6.04 Å². The molecule has 0 aliphatic carbocycles. The number of carbonyl (C=O) groups excluding carboxylic acids is 3. The number of aliphatic carboxylic acids is 1. The molecule has 0 bridgehead atoms. The molecule has 8 heteroatoms. The Morgan fingerprint density at radius 2 is 1.86 bits per heavy atom. The molecule has 3 N–H and O–H groups in total. The minimum absolute atomic E-state index is 0.145. The van der Waals surface area contributed by atoms with Gasteiger partial charge in [-0.2, -0.15) is 0 Å². The number of benzene rings is 1. The average molecular weight is 387 g/mol. The molecule has 0 radical (unpaired) electrons. The third-order valence-electron chi connectivity index (χ3n) is 4.36. The first-order valence-corrected chi connectivity index (χ1v) is 9.26. The SMILES string of the molecule is O=C(/C=C/C(=O)N[C@@H](Cc1ccccc1)C(=O)O)NCCCN1CCCC1=O. The number of nitrogens with one attached hydrogen (secondary N) is 2. The highest BCUT2D eigenvalue weighted by Crippen LogP contribution is 2.09. The molecule has 0 spiro atoms. The Balaban J connectivity index is 1.70. The van der Waals surface area contributed by atoms with Crippen molar-refractivity contribution in [3.63, 3.8) is 0 Å². The normalized spacial score (nSPS) is 14.9. The lowest BCUT2D eigenvalue weighted by molar-refractivity contribution is -0.141. The van der Waals surface area contributed by atoms with Crippen LogP contribution in [0.1, 0.15) is 24.8 Å². The lowest BCUT2D eigenvalue weighted by atomic mass is 10.1. The summed E-state index contributed by atoms with van der Waals surface area (Å²) in [5.41, 5.74) is 0.786. The molecule has 1 aliphatic rings. The third kappa shape index (κ3) is 7.22. The van der Waals surface area contributed by atoms with E-state index in [9.17, 15) is 24.3 Å². The van der Waals surface area contributed by atoms with Crippen LogP contribution in [0.25, 0.3) is 0 Å². The molecule has 1 aromatic rings. The lowest BCUT2D eigenvalue weighted by Crippen LogP contribution is -2.41. The highest BCUT2D eigenvalue weighted by Gasteiger charge is 2.20. The van der Waals surface area contributed by atoms with Gasteiger partial charge in [-0.3, -0.25) is 14.4 Å². The number of hydrogen-bond donors (Lipinski definition) is 3. The van der Waals surface area contributed by atoms with E-state index in [0.717, 1.165) is 30.7 Å². The van der Waals surface area contributed by atoms with E-state index in [2.05, 4.69) is 10.6 Å². The van der Waals surface area contributed by atoms with Crippen LogP contribution in [-0.4, -0.2) is 59.4 Å². The number of nitrogens with zero attached hydrogens (tertiary/aromatic N) is 1. The molecule has 1 aliphatic heterocycles. The fourth-order valence-corrected chi connectivity index (χ4v) is 2.90. The average Bonchev–Trinajstić information content (AvgIpc) is 3.08. The van der Waals surface area contributed by atoms with E-state index in [0.29, 0.717) is 25.9 Å². The second kappa shape index (κ2) is 10.9. The molecule has 0 saturated carbocycles. The van der Waals surface area contributed by atoms with Crippen LogP contribution < -0.4 is 10.6 Å². The molecule has 1 fully saturated rings. The van der Waals surface area contributed by atoms with E-state index in [1.54, 1.807) is 29.2 Å². The molecule has 8 nitrogen and oxygen atoms in total. The number of likely N-dealkylation sites (tertiary alicyclic amines) is 1. The van der Waals surface area contributed by atoms with Gasteiger partial charge in [0, 0.05) is 44.6 Å². The zero-order valence-corrected chi connectivity index (χ0v) is 15.6. The largest absolute Gasteiger partial charge is 0.480 e. The first kappa shape index (κ1) is 21.1. The second-order valence-electron chi connectivity index (χ2n) is 6.55. The second-order valence-corrected chi connectivity index (χ2v) is 6.55. The molecule has 0 unspecified atom stereocenters. The Bertz CT molecular complexity index is 733. The van der Waals surface area contributed by atoms with E-state index in [1.165, 1.54) is 0 Å². The Labute approximate surface area is 163 Å². The van der Waals surface area contributed by atoms with Crippen molar-refractivity contribution in [2.24, 2.45) is 0 Å². The van der Waals surface area contributed by atoms with Crippen LogP contribution in [0.4, 0.5) is 0 Å². The maximum Gasteiger partial charge on any atom is 0.326 e. The molecule has 2 rings (SSSR count). The third-order valence-corrected chi connectivity index (χ3v) is 4.36. The molecule has 1 heterocycles. The topological polar surface area (TPSA) is 116 Å². The highest BCUT2D eigenvalue weighted by molar-refractivity contribution is 5.98. The Kier molecular flexibility index (Phi) is 8.20. The molecule has 3 amide bonds. The van der Waals surface area contributed by atoms with Crippen molar-refractivity contribution in [2.75, 3.05) is 19.6 Å². The number of hydrogen-bond acceptors (Lipinski definition) is 4. The Hall–Kier alpha value is -3.16. The van der Waals surface area contributed by atoms with Gasteiger partial charge in [0.05, 0.1) is 0 Å². The van der Waals surface area contributed by atoms with Gasteiger partial charge in [-0.15, -0.1) is 0 Å². The summed E-state index contributed by atoms with van der Waals surface area (Å²) in [5.74, 6) is -2.10. The Morgan fingerprint density at radius 3 is 2.50 bits per heavy atom. The van der Waals surface area contributed by atoms with Crippen LogP contribution in [0.2, 0.25) is 0 Å². The van der Waals surface area contributed by atoms with Crippen molar-refractivity contribution in [1.82, 2.24) is 15.5 Å². The first-order chi connectivity index (χ1) is 13.5. The highest BCUT2D eigenvalue weighted by atomic mass is 16.4. The predicted octanol–water partition coefficient (Wildman–Crippen LogP) is 0.483. The monoisotopic (exact) mass is 387 g/mol. The molecule has 1 aromatic carbocycles.